The molecule has 0 spiro atoms. The lowest BCUT2D eigenvalue weighted by Gasteiger charge is -2.51. The van der Waals surface area contributed by atoms with Crippen LogP contribution in [0.4, 0.5) is 0 Å². The molecule has 1 aromatic carbocycles. The quantitative estimate of drug-likeness (QED) is 0.782. The molecule has 2 saturated heterocycles. The smallest absolute Gasteiger partial charge is 0.218 e. The zero-order chi connectivity index (χ0) is 20.4. The molecule has 4 aliphatic rings. The van der Waals surface area contributed by atoms with Crippen molar-refractivity contribution in [2.24, 2.45) is 28.6 Å². The third-order valence-electron chi connectivity index (χ3n) is 7.41. The van der Waals surface area contributed by atoms with E-state index in [1.54, 1.807) is 6.92 Å². The summed E-state index contributed by atoms with van der Waals surface area (Å²) < 4.78 is 12.4. The highest BCUT2D eigenvalue weighted by molar-refractivity contribution is 5.90. The predicted molar refractivity (Wildman–Crippen MR) is 102 cm³/mol. The average molecular weight is 384 g/mol. The molecule has 1 aromatic rings. The molecule has 29 heavy (non-hydrogen) atoms. The number of ether oxygens (including phenoxy) is 2. The first-order valence-electron chi connectivity index (χ1n) is 9.88. The van der Waals surface area contributed by atoms with Crippen molar-refractivity contribution in [3.63, 3.8) is 0 Å². The molecule has 2 aliphatic heterocycles. The maximum absolute atomic E-state index is 10.4. The van der Waals surface area contributed by atoms with Gasteiger partial charge in [-0.25, -0.2) is 0 Å². The van der Waals surface area contributed by atoms with Crippen molar-refractivity contribution >= 4 is 5.90 Å². The Kier molecular flexibility index (Phi) is 3.52. The minimum atomic E-state index is -1.83. The molecule has 3 fully saturated rings. The van der Waals surface area contributed by atoms with Gasteiger partial charge in [0.05, 0.1) is 30.2 Å². The van der Waals surface area contributed by atoms with E-state index in [0.717, 1.165) is 18.4 Å². The van der Waals surface area contributed by atoms with Crippen molar-refractivity contribution in [1.82, 2.24) is 0 Å². The Labute approximate surface area is 169 Å². The lowest BCUT2D eigenvalue weighted by Crippen LogP contribution is -2.63. The van der Waals surface area contributed by atoms with Crippen LogP contribution in [-0.4, -0.2) is 17.8 Å². The van der Waals surface area contributed by atoms with Gasteiger partial charge in [0.1, 0.15) is 0 Å². The summed E-state index contributed by atoms with van der Waals surface area (Å²) in [5.74, 6) is -1.81. The van der Waals surface area contributed by atoms with E-state index in [4.69, 9.17) is 14.9 Å². The SMILES string of the molecule is CC12OC(=N)C(C#N)(C1c1ccccc1)C(C#N)(C#N)C(C1CC3C=CC1C3)O2. The van der Waals surface area contributed by atoms with Crippen LogP contribution in [0.25, 0.3) is 0 Å². The Morgan fingerprint density at radius 1 is 1.03 bits per heavy atom. The molecule has 6 nitrogen and oxygen atoms in total. The number of nitrogens with zero attached hydrogens (tertiary/aromatic N) is 3. The molecule has 144 valence electrons. The molecule has 0 radical (unpaired) electrons. The van der Waals surface area contributed by atoms with Gasteiger partial charge in [0.15, 0.2) is 10.8 Å². The highest BCUT2D eigenvalue weighted by Gasteiger charge is 2.80. The molecule has 2 heterocycles. The van der Waals surface area contributed by atoms with Crippen molar-refractivity contribution in [3.8, 4) is 18.2 Å². The number of nitrogens with one attached hydrogen (secondary N) is 1. The standard InChI is InChI=1S/C23H20N4O2/c1-21-18(15-5-3-2-4-6-15)23(13-26,20(27)29-21)22(11-24,12-25)19(28-21)17-10-14-7-8-16(17)9-14/h2-8,14,16-19,27H,9-10H2,1H3. The molecule has 4 bridgehead atoms. The maximum atomic E-state index is 10.4. The first-order valence-corrected chi connectivity index (χ1v) is 9.88. The number of fused-ring (bicyclic) bond motifs is 4. The van der Waals surface area contributed by atoms with E-state index in [9.17, 15) is 15.8 Å². The third-order valence-corrected chi connectivity index (χ3v) is 7.41. The zero-order valence-electron chi connectivity index (χ0n) is 16.0. The van der Waals surface area contributed by atoms with Gasteiger partial charge in [0.25, 0.3) is 0 Å². The topological polar surface area (TPSA) is 114 Å². The molecule has 0 amide bonds. The number of rotatable bonds is 2. The molecular formula is C23H20N4O2. The fraction of sp³-hybridized carbons (Fsp3) is 0.478. The monoisotopic (exact) mass is 384 g/mol. The summed E-state index contributed by atoms with van der Waals surface area (Å²) in [4.78, 5) is 0. The number of benzene rings is 1. The Hall–Kier alpha value is -3.14. The lowest BCUT2D eigenvalue weighted by molar-refractivity contribution is -0.264. The Balaban J connectivity index is 1.75. The Morgan fingerprint density at radius 3 is 2.31 bits per heavy atom. The fourth-order valence-electron chi connectivity index (χ4n) is 6.24. The Bertz CT molecular complexity index is 1030. The van der Waals surface area contributed by atoms with Crippen molar-refractivity contribution < 1.29 is 9.47 Å². The predicted octanol–water partition coefficient (Wildman–Crippen LogP) is 3.65. The first kappa shape index (κ1) is 17.9. The van der Waals surface area contributed by atoms with Gasteiger partial charge in [0.2, 0.25) is 11.7 Å². The van der Waals surface area contributed by atoms with Gasteiger partial charge < -0.3 is 9.47 Å². The number of hydrogen-bond donors (Lipinski definition) is 1. The minimum Gasteiger partial charge on any atom is -0.447 e. The lowest BCUT2D eigenvalue weighted by atomic mass is 9.51. The Morgan fingerprint density at radius 2 is 1.76 bits per heavy atom. The normalized spacial score (nSPS) is 43.2. The van der Waals surface area contributed by atoms with E-state index >= 15 is 0 Å². The average Bonchev–Trinajstić information content (AvgIpc) is 3.40. The van der Waals surface area contributed by atoms with Gasteiger partial charge in [-0.05, 0) is 36.2 Å². The largest absolute Gasteiger partial charge is 0.447 e. The van der Waals surface area contributed by atoms with Crippen LogP contribution in [0.15, 0.2) is 42.5 Å². The summed E-state index contributed by atoms with van der Waals surface area (Å²) >= 11 is 0. The van der Waals surface area contributed by atoms with Gasteiger partial charge in [-0.1, -0.05) is 42.5 Å². The van der Waals surface area contributed by atoms with Crippen molar-refractivity contribution in [2.45, 2.75) is 37.6 Å². The summed E-state index contributed by atoms with van der Waals surface area (Å²) in [6.07, 6.45) is 5.32. The van der Waals surface area contributed by atoms with Gasteiger partial charge in [-0.2, -0.15) is 15.8 Å². The van der Waals surface area contributed by atoms with E-state index in [-0.39, 0.29) is 17.7 Å². The van der Waals surface area contributed by atoms with E-state index in [1.807, 2.05) is 30.3 Å². The molecule has 6 heteroatoms. The summed E-state index contributed by atoms with van der Waals surface area (Å²) in [5, 5.41) is 39.8. The maximum Gasteiger partial charge on any atom is 0.218 e. The van der Waals surface area contributed by atoms with E-state index in [0.29, 0.717) is 5.92 Å². The second kappa shape index (κ2) is 5.69. The van der Waals surface area contributed by atoms with Crippen LogP contribution >= 0.6 is 0 Å². The zero-order valence-corrected chi connectivity index (χ0v) is 16.0. The van der Waals surface area contributed by atoms with E-state index < -0.39 is 28.6 Å². The van der Waals surface area contributed by atoms with Crippen LogP contribution in [0.3, 0.4) is 0 Å². The van der Waals surface area contributed by atoms with Crippen LogP contribution in [0, 0.1) is 68.0 Å². The fourth-order valence-corrected chi connectivity index (χ4v) is 6.24. The molecule has 7 unspecified atom stereocenters. The van der Waals surface area contributed by atoms with Crippen molar-refractivity contribution in [1.29, 1.82) is 21.2 Å². The highest BCUT2D eigenvalue weighted by Crippen LogP contribution is 2.68. The van der Waals surface area contributed by atoms with E-state index in [2.05, 4.69) is 30.4 Å². The van der Waals surface area contributed by atoms with Crippen LogP contribution < -0.4 is 0 Å². The molecular weight excluding hydrogens is 364 g/mol. The molecule has 2 aliphatic carbocycles. The van der Waals surface area contributed by atoms with Gasteiger partial charge in [-0.15, -0.1) is 0 Å². The van der Waals surface area contributed by atoms with Gasteiger partial charge in [0, 0.05) is 6.92 Å². The third kappa shape index (κ3) is 1.94. The van der Waals surface area contributed by atoms with Gasteiger partial charge in [-0.3, -0.25) is 5.41 Å². The van der Waals surface area contributed by atoms with Gasteiger partial charge >= 0.3 is 0 Å². The first-order chi connectivity index (χ1) is 14.0. The van der Waals surface area contributed by atoms with Crippen LogP contribution in [0.5, 0.6) is 0 Å². The summed E-state index contributed by atoms with van der Waals surface area (Å²) in [6.45, 7) is 1.73. The molecule has 0 aromatic heterocycles. The van der Waals surface area contributed by atoms with Crippen LogP contribution in [0.2, 0.25) is 0 Å². The molecule has 5 rings (SSSR count). The number of allylic oxidation sites excluding steroid dienone is 2. The van der Waals surface area contributed by atoms with Crippen LogP contribution in [-0.2, 0) is 9.47 Å². The summed E-state index contributed by atoms with van der Waals surface area (Å²) in [6, 6.07) is 15.8. The van der Waals surface area contributed by atoms with Crippen molar-refractivity contribution in [3.05, 3.63) is 48.0 Å². The number of nitriles is 3. The molecule has 7 atom stereocenters. The highest BCUT2D eigenvalue weighted by atomic mass is 16.7. The second-order valence-electron chi connectivity index (χ2n) is 8.72. The van der Waals surface area contributed by atoms with Crippen LogP contribution in [0.1, 0.15) is 31.2 Å². The minimum absolute atomic E-state index is 0.0532. The number of hydrogen-bond acceptors (Lipinski definition) is 6. The van der Waals surface area contributed by atoms with Crippen molar-refractivity contribution in [2.75, 3.05) is 0 Å². The molecule has 1 N–H and O–H groups in total. The second-order valence-corrected chi connectivity index (χ2v) is 8.72. The summed E-state index contributed by atoms with van der Waals surface area (Å²) in [7, 11) is 0. The van der Waals surface area contributed by atoms with E-state index in [1.165, 1.54) is 0 Å². The summed E-state index contributed by atoms with van der Waals surface area (Å²) in [5.41, 5.74) is -2.85. The molecule has 1 saturated carbocycles.